The molecular formula is C13H19BrN2O. The van der Waals surface area contributed by atoms with E-state index in [0.29, 0.717) is 13.1 Å². The van der Waals surface area contributed by atoms with Gasteiger partial charge < -0.3 is 11.1 Å². The number of hydrogen-bond donors (Lipinski definition) is 2. The number of carbonyl (C=O) groups is 1. The summed E-state index contributed by atoms with van der Waals surface area (Å²) in [6.45, 7) is 6.87. The van der Waals surface area contributed by atoms with Gasteiger partial charge in [0.05, 0.1) is 0 Å². The Morgan fingerprint density at radius 3 is 2.41 bits per heavy atom. The zero-order chi connectivity index (χ0) is 13.0. The molecule has 0 fully saturated rings. The second kappa shape index (κ2) is 6.17. The molecule has 1 aromatic carbocycles. The van der Waals surface area contributed by atoms with Crippen LogP contribution in [0.5, 0.6) is 0 Å². The number of nitrogens with two attached hydrogens (primary N) is 1. The van der Waals surface area contributed by atoms with Crippen LogP contribution in [0.3, 0.4) is 0 Å². The molecule has 3 N–H and O–H groups in total. The topological polar surface area (TPSA) is 55.1 Å². The molecule has 0 bridgehead atoms. The molecule has 0 radical (unpaired) electrons. The SMILES string of the molecule is Cc1cc(Br)cc(C)c1CNC(=O)C(C)CN. The lowest BCUT2D eigenvalue weighted by molar-refractivity contribution is -0.124. The van der Waals surface area contributed by atoms with Crippen LogP contribution < -0.4 is 11.1 Å². The van der Waals surface area contributed by atoms with E-state index in [1.807, 2.05) is 20.8 Å². The van der Waals surface area contributed by atoms with Crippen molar-refractivity contribution in [1.82, 2.24) is 5.32 Å². The number of benzene rings is 1. The monoisotopic (exact) mass is 298 g/mol. The Hall–Kier alpha value is -0.870. The van der Waals surface area contributed by atoms with E-state index in [2.05, 4.69) is 33.4 Å². The fraction of sp³-hybridized carbons (Fsp3) is 0.462. The van der Waals surface area contributed by atoms with E-state index in [-0.39, 0.29) is 11.8 Å². The third kappa shape index (κ3) is 3.82. The van der Waals surface area contributed by atoms with Crippen LogP contribution in [0.2, 0.25) is 0 Å². The van der Waals surface area contributed by atoms with Crippen molar-refractivity contribution < 1.29 is 4.79 Å². The summed E-state index contributed by atoms with van der Waals surface area (Å²) in [7, 11) is 0. The van der Waals surface area contributed by atoms with E-state index >= 15 is 0 Å². The summed E-state index contributed by atoms with van der Waals surface area (Å²) >= 11 is 3.46. The predicted molar refractivity (Wildman–Crippen MR) is 73.7 cm³/mol. The van der Waals surface area contributed by atoms with Gasteiger partial charge >= 0.3 is 0 Å². The molecule has 0 aliphatic heterocycles. The van der Waals surface area contributed by atoms with Crippen molar-refractivity contribution in [3.63, 3.8) is 0 Å². The molecule has 3 nitrogen and oxygen atoms in total. The van der Waals surface area contributed by atoms with Gasteiger partial charge in [0.15, 0.2) is 0 Å². The number of carbonyl (C=O) groups excluding carboxylic acids is 1. The summed E-state index contributed by atoms with van der Waals surface area (Å²) in [6, 6.07) is 4.11. The summed E-state index contributed by atoms with van der Waals surface area (Å²) in [5.74, 6) is -0.125. The van der Waals surface area contributed by atoms with Crippen molar-refractivity contribution in [2.24, 2.45) is 11.7 Å². The third-order valence-electron chi connectivity index (χ3n) is 2.90. The fourth-order valence-electron chi connectivity index (χ4n) is 1.68. The molecule has 0 saturated carbocycles. The first-order chi connectivity index (χ1) is 7.95. The van der Waals surface area contributed by atoms with Crippen molar-refractivity contribution in [3.8, 4) is 0 Å². The Balaban J connectivity index is 2.73. The van der Waals surface area contributed by atoms with E-state index < -0.39 is 0 Å². The minimum absolute atomic E-state index is 0.00854. The highest BCUT2D eigenvalue weighted by atomic mass is 79.9. The highest BCUT2D eigenvalue weighted by Crippen LogP contribution is 2.20. The predicted octanol–water partition coefficient (Wildman–Crippen LogP) is 2.28. The van der Waals surface area contributed by atoms with E-state index in [9.17, 15) is 4.79 Å². The molecule has 1 aromatic rings. The zero-order valence-electron chi connectivity index (χ0n) is 10.5. The highest BCUT2D eigenvalue weighted by molar-refractivity contribution is 9.10. The second-order valence-electron chi connectivity index (χ2n) is 4.37. The largest absolute Gasteiger partial charge is 0.352 e. The summed E-state index contributed by atoms with van der Waals surface area (Å²) in [5, 5.41) is 2.92. The Labute approximate surface area is 111 Å². The van der Waals surface area contributed by atoms with Crippen LogP contribution in [-0.2, 0) is 11.3 Å². The van der Waals surface area contributed by atoms with Crippen molar-refractivity contribution in [3.05, 3.63) is 33.3 Å². The van der Waals surface area contributed by atoms with Crippen LogP contribution in [0.4, 0.5) is 0 Å². The molecule has 0 saturated heterocycles. The molecule has 94 valence electrons. The smallest absolute Gasteiger partial charge is 0.224 e. The van der Waals surface area contributed by atoms with Crippen molar-refractivity contribution in [2.75, 3.05) is 6.54 Å². The minimum Gasteiger partial charge on any atom is -0.352 e. The van der Waals surface area contributed by atoms with Gasteiger partial charge in [-0.3, -0.25) is 4.79 Å². The number of nitrogens with one attached hydrogen (secondary N) is 1. The summed E-state index contributed by atoms with van der Waals surface area (Å²) in [6.07, 6.45) is 0. The number of rotatable bonds is 4. The van der Waals surface area contributed by atoms with Crippen LogP contribution in [0.1, 0.15) is 23.6 Å². The minimum atomic E-state index is -0.133. The maximum atomic E-state index is 11.6. The first kappa shape index (κ1) is 14.2. The molecule has 0 aromatic heterocycles. The first-order valence-corrected chi connectivity index (χ1v) is 6.48. The van der Waals surface area contributed by atoms with Gasteiger partial charge in [0.25, 0.3) is 0 Å². The van der Waals surface area contributed by atoms with E-state index in [1.54, 1.807) is 0 Å². The number of aryl methyl sites for hydroxylation is 2. The molecule has 0 aliphatic carbocycles. The zero-order valence-corrected chi connectivity index (χ0v) is 12.1. The van der Waals surface area contributed by atoms with Gasteiger partial charge in [-0.2, -0.15) is 0 Å². The first-order valence-electron chi connectivity index (χ1n) is 5.69. The summed E-state index contributed by atoms with van der Waals surface area (Å²) in [4.78, 5) is 11.6. The molecule has 0 aliphatic rings. The molecule has 4 heteroatoms. The van der Waals surface area contributed by atoms with Gasteiger partial charge in [0.2, 0.25) is 5.91 Å². The summed E-state index contributed by atoms with van der Waals surface area (Å²) in [5.41, 5.74) is 8.98. The van der Waals surface area contributed by atoms with Crippen LogP contribution >= 0.6 is 15.9 Å². The lowest BCUT2D eigenvalue weighted by Gasteiger charge is -2.14. The molecule has 1 unspecified atom stereocenters. The normalized spacial score (nSPS) is 12.3. The number of hydrogen-bond acceptors (Lipinski definition) is 2. The molecule has 0 spiro atoms. The van der Waals surface area contributed by atoms with Gasteiger partial charge in [0, 0.05) is 23.5 Å². The standard InChI is InChI=1S/C13H19BrN2O/c1-8-4-11(14)5-9(2)12(8)7-16-13(17)10(3)6-15/h4-5,10H,6-7,15H2,1-3H3,(H,16,17). The number of halogens is 1. The Kier molecular flexibility index (Phi) is 5.15. The van der Waals surface area contributed by atoms with Gasteiger partial charge in [-0.1, -0.05) is 22.9 Å². The van der Waals surface area contributed by atoms with Crippen molar-refractivity contribution in [1.29, 1.82) is 0 Å². The maximum absolute atomic E-state index is 11.6. The third-order valence-corrected chi connectivity index (χ3v) is 3.36. The Morgan fingerprint density at radius 2 is 1.94 bits per heavy atom. The van der Waals surface area contributed by atoms with Crippen LogP contribution in [0.15, 0.2) is 16.6 Å². The van der Waals surface area contributed by atoms with Crippen LogP contribution in [0.25, 0.3) is 0 Å². The average Bonchev–Trinajstić information content (AvgIpc) is 2.26. The Morgan fingerprint density at radius 1 is 1.41 bits per heavy atom. The van der Waals surface area contributed by atoms with E-state index in [0.717, 1.165) is 4.47 Å². The molecule has 1 atom stereocenters. The van der Waals surface area contributed by atoms with Gasteiger partial charge in [-0.25, -0.2) is 0 Å². The Bertz CT molecular complexity index is 395. The van der Waals surface area contributed by atoms with Crippen molar-refractivity contribution >= 4 is 21.8 Å². The number of amides is 1. The van der Waals surface area contributed by atoms with Gasteiger partial charge in [0.1, 0.15) is 0 Å². The van der Waals surface area contributed by atoms with E-state index in [4.69, 9.17) is 5.73 Å². The van der Waals surface area contributed by atoms with Gasteiger partial charge in [-0.05, 0) is 42.7 Å². The summed E-state index contributed by atoms with van der Waals surface area (Å²) < 4.78 is 1.07. The quantitative estimate of drug-likeness (QED) is 0.896. The molecule has 0 heterocycles. The molecule has 1 rings (SSSR count). The van der Waals surface area contributed by atoms with Crippen LogP contribution in [0, 0.1) is 19.8 Å². The molecular weight excluding hydrogens is 280 g/mol. The van der Waals surface area contributed by atoms with E-state index in [1.165, 1.54) is 16.7 Å². The second-order valence-corrected chi connectivity index (χ2v) is 5.29. The van der Waals surface area contributed by atoms with Crippen molar-refractivity contribution in [2.45, 2.75) is 27.3 Å². The maximum Gasteiger partial charge on any atom is 0.224 e. The van der Waals surface area contributed by atoms with Gasteiger partial charge in [-0.15, -0.1) is 0 Å². The fourth-order valence-corrected chi connectivity index (χ4v) is 2.36. The van der Waals surface area contributed by atoms with Crippen LogP contribution in [-0.4, -0.2) is 12.5 Å². The molecule has 17 heavy (non-hydrogen) atoms. The highest BCUT2D eigenvalue weighted by Gasteiger charge is 2.11. The lowest BCUT2D eigenvalue weighted by atomic mass is 10.0. The lowest BCUT2D eigenvalue weighted by Crippen LogP contribution is -2.33. The average molecular weight is 299 g/mol. The molecule has 1 amide bonds.